The monoisotopic (exact) mass is 236 g/mol. The van der Waals surface area contributed by atoms with Crippen molar-refractivity contribution in [2.45, 2.75) is 12.7 Å². The molecule has 0 saturated heterocycles. The normalized spacial score (nSPS) is 12.1. The first-order valence-electron chi connectivity index (χ1n) is 4.56. The first kappa shape index (κ1) is 12.8. The molecule has 0 bridgehead atoms. The van der Waals surface area contributed by atoms with E-state index in [9.17, 15) is 17.6 Å². The van der Waals surface area contributed by atoms with Gasteiger partial charge in [-0.1, -0.05) is 0 Å². The largest absolute Gasteiger partial charge is 0.401 e. The molecule has 0 spiro atoms. The van der Waals surface area contributed by atoms with E-state index in [-0.39, 0.29) is 12.2 Å². The van der Waals surface area contributed by atoms with Crippen molar-refractivity contribution in [2.75, 3.05) is 19.3 Å². The van der Waals surface area contributed by atoms with Crippen LogP contribution >= 0.6 is 0 Å². The zero-order valence-electron chi connectivity index (χ0n) is 8.68. The number of anilines is 1. The van der Waals surface area contributed by atoms with Crippen molar-refractivity contribution < 1.29 is 17.6 Å². The highest BCUT2D eigenvalue weighted by atomic mass is 19.4. The van der Waals surface area contributed by atoms with Gasteiger partial charge in [-0.15, -0.1) is 0 Å². The topological polar surface area (TPSA) is 29.3 Å². The van der Waals surface area contributed by atoms with Crippen molar-refractivity contribution in [3.8, 4) is 0 Å². The van der Waals surface area contributed by atoms with Crippen LogP contribution in [0.2, 0.25) is 0 Å². The van der Waals surface area contributed by atoms with Gasteiger partial charge in [-0.25, -0.2) is 4.39 Å². The third kappa shape index (κ3) is 4.48. The molecule has 0 saturated carbocycles. The summed E-state index contributed by atoms with van der Waals surface area (Å²) in [6.07, 6.45) is -4.26. The summed E-state index contributed by atoms with van der Waals surface area (Å²) in [4.78, 5) is 1.05. The summed E-state index contributed by atoms with van der Waals surface area (Å²) in [7, 11) is 1.31. The minimum atomic E-state index is -4.26. The van der Waals surface area contributed by atoms with Crippen molar-refractivity contribution in [3.05, 3.63) is 29.6 Å². The Balaban J connectivity index is 2.66. The Labute approximate surface area is 90.7 Å². The van der Waals surface area contributed by atoms with Crippen molar-refractivity contribution in [1.82, 2.24) is 4.90 Å². The summed E-state index contributed by atoms with van der Waals surface area (Å²) >= 11 is 0. The van der Waals surface area contributed by atoms with Crippen LogP contribution in [0.3, 0.4) is 0 Å². The molecule has 0 amide bonds. The zero-order chi connectivity index (χ0) is 12.3. The average molecular weight is 236 g/mol. The maximum Gasteiger partial charge on any atom is 0.401 e. The fraction of sp³-hybridized carbons (Fsp3) is 0.400. The molecule has 1 rings (SSSR count). The van der Waals surface area contributed by atoms with Gasteiger partial charge in [0.15, 0.2) is 0 Å². The molecule has 0 aromatic heterocycles. The average Bonchev–Trinajstić information content (AvgIpc) is 1.96. The van der Waals surface area contributed by atoms with Gasteiger partial charge >= 0.3 is 6.18 Å². The highest BCUT2D eigenvalue weighted by molar-refractivity contribution is 5.41. The highest BCUT2D eigenvalue weighted by Gasteiger charge is 2.29. The SMILES string of the molecule is CN(Cc1cc(N)cc(F)c1)CC(F)(F)F. The van der Waals surface area contributed by atoms with Gasteiger partial charge < -0.3 is 5.73 Å². The number of benzene rings is 1. The maximum absolute atomic E-state index is 12.9. The van der Waals surface area contributed by atoms with Crippen LogP contribution in [0, 0.1) is 5.82 Å². The third-order valence-corrected chi connectivity index (χ3v) is 1.88. The molecule has 0 radical (unpaired) electrons. The van der Waals surface area contributed by atoms with E-state index in [1.807, 2.05) is 0 Å². The van der Waals surface area contributed by atoms with Crippen LogP contribution in [0.1, 0.15) is 5.56 Å². The Morgan fingerprint density at radius 2 is 1.88 bits per heavy atom. The van der Waals surface area contributed by atoms with Gasteiger partial charge in [0.1, 0.15) is 5.82 Å². The van der Waals surface area contributed by atoms with E-state index in [4.69, 9.17) is 5.73 Å². The minimum absolute atomic E-state index is 0.00146. The molecule has 0 unspecified atom stereocenters. The third-order valence-electron chi connectivity index (χ3n) is 1.88. The summed E-state index contributed by atoms with van der Waals surface area (Å²) in [5, 5.41) is 0. The van der Waals surface area contributed by atoms with Gasteiger partial charge in [0, 0.05) is 12.2 Å². The Morgan fingerprint density at radius 3 is 2.38 bits per heavy atom. The van der Waals surface area contributed by atoms with Crippen molar-refractivity contribution in [2.24, 2.45) is 0 Å². The van der Waals surface area contributed by atoms with E-state index in [1.54, 1.807) is 0 Å². The summed E-state index contributed by atoms with van der Waals surface area (Å²) in [6, 6.07) is 3.74. The van der Waals surface area contributed by atoms with Gasteiger partial charge in [-0.2, -0.15) is 13.2 Å². The van der Waals surface area contributed by atoms with Crippen molar-refractivity contribution >= 4 is 5.69 Å². The summed E-state index contributed by atoms with van der Waals surface area (Å²) < 4.78 is 49.0. The number of nitrogens with two attached hydrogens (primary N) is 1. The van der Waals surface area contributed by atoms with Crippen molar-refractivity contribution in [1.29, 1.82) is 0 Å². The fourth-order valence-electron chi connectivity index (χ4n) is 1.44. The Hall–Kier alpha value is -1.30. The Bertz CT molecular complexity index is 342. The van der Waals surface area contributed by atoms with Crippen LogP contribution in [0.4, 0.5) is 23.2 Å². The van der Waals surface area contributed by atoms with Gasteiger partial charge in [0.05, 0.1) is 6.54 Å². The second-order valence-corrected chi connectivity index (χ2v) is 3.68. The van der Waals surface area contributed by atoms with Gasteiger partial charge in [0.25, 0.3) is 0 Å². The van der Waals surface area contributed by atoms with Crippen LogP contribution in [0.5, 0.6) is 0 Å². The number of alkyl halides is 3. The second kappa shape index (κ2) is 4.69. The molecule has 0 aliphatic rings. The Kier molecular flexibility index (Phi) is 3.74. The van der Waals surface area contributed by atoms with E-state index < -0.39 is 18.5 Å². The van der Waals surface area contributed by atoms with E-state index in [2.05, 4.69) is 0 Å². The smallest absolute Gasteiger partial charge is 0.399 e. The molecule has 2 N–H and O–H groups in total. The van der Waals surface area contributed by atoms with Crippen LogP contribution in [0.15, 0.2) is 18.2 Å². The predicted molar refractivity (Wildman–Crippen MR) is 53.2 cm³/mol. The van der Waals surface area contributed by atoms with Crippen LogP contribution in [-0.4, -0.2) is 24.7 Å². The molecule has 6 heteroatoms. The minimum Gasteiger partial charge on any atom is -0.399 e. The lowest BCUT2D eigenvalue weighted by Crippen LogP contribution is -2.30. The highest BCUT2D eigenvalue weighted by Crippen LogP contribution is 2.18. The summed E-state index contributed by atoms with van der Waals surface area (Å²) in [6.45, 7) is -1.04. The molecule has 1 aromatic carbocycles. The number of halogens is 4. The second-order valence-electron chi connectivity index (χ2n) is 3.68. The van der Waals surface area contributed by atoms with Crippen LogP contribution in [-0.2, 0) is 6.54 Å². The predicted octanol–water partition coefficient (Wildman–Crippen LogP) is 2.40. The number of nitrogens with zero attached hydrogens (tertiary/aromatic N) is 1. The molecule has 0 fully saturated rings. The van der Waals surface area contributed by atoms with E-state index in [0.29, 0.717) is 5.56 Å². The molecule has 0 aliphatic heterocycles. The summed E-state index contributed by atoms with van der Waals surface area (Å²) in [5.41, 5.74) is 6.01. The van der Waals surface area contributed by atoms with Crippen LogP contribution < -0.4 is 5.73 Å². The fourth-order valence-corrected chi connectivity index (χ4v) is 1.44. The number of hydrogen-bond donors (Lipinski definition) is 1. The lowest BCUT2D eigenvalue weighted by atomic mass is 10.2. The lowest BCUT2D eigenvalue weighted by molar-refractivity contribution is -0.144. The van der Waals surface area contributed by atoms with E-state index in [1.165, 1.54) is 19.2 Å². The van der Waals surface area contributed by atoms with E-state index in [0.717, 1.165) is 11.0 Å². The first-order valence-corrected chi connectivity index (χ1v) is 4.56. The van der Waals surface area contributed by atoms with Gasteiger partial charge in [-0.05, 0) is 30.8 Å². The molecule has 0 aliphatic carbocycles. The molecule has 0 heterocycles. The lowest BCUT2D eigenvalue weighted by Gasteiger charge is -2.18. The number of nitrogen functional groups attached to an aromatic ring is 1. The standard InChI is InChI=1S/C10H12F4N2/c1-16(6-10(12,13)14)5-7-2-8(11)4-9(15)3-7/h2-4H,5-6,15H2,1H3. The number of hydrogen-bond acceptors (Lipinski definition) is 2. The molecule has 2 nitrogen and oxygen atoms in total. The van der Waals surface area contributed by atoms with E-state index >= 15 is 0 Å². The van der Waals surface area contributed by atoms with Crippen molar-refractivity contribution in [3.63, 3.8) is 0 Å². The summed E-state index contributed by atoms with van der Waals surface area (Å²) in [5.74, 6) is -0.546. The molecular formula is C10H12F4N2. The molecule has 16 heavy (non-hydrogen) atoms. The van der Waals surface area contributed by atoms with Crippen LogP contribution in [0.25, 0.3) is 0 Å². The molecule has 90 valence electrons. The Morgan fingerprint density at radius 1 is 1.25 bits per heavy atom. The molecule has 1 aromatic rings. The molecule has 0 atom stereocenters. The molecular weight excluding hydrogens is 224 g/mol. The van der Waals surface area contributed by atoms with Gasteiger partial charge in [0.2, 0.25) is 0 Å². The zero-order valence-corrected chi connectivity index (χ0v) is 8.68. The van der Waals surface area contributed by atoms with Gasteiger partial charge in [-0.3, -0.25) is 4.90 Å². The maximum atomic E-state index is 12.9. The number of rotatable bonds is 3. The first-order chi connectivity index (χ1) is 7.26. The quantitative estimate of drug-likeness (QED) is 0.645.